The summed E-state index contributed by atoms with van der Waals surface area (Å²) < 4.78 is 27.3. The fourth-order valence-corrected chi connectivity index (χ4v) is 4.42. The molecule has 2 aliphatic heterocycles. The van der Waals surface area contributed by atoms with Gasteiger partial charge in [-0.3, -0.25) is 4.79 Å². The Kier molecular flexibility index (Phi) is 12.2. The molecule has 1 aromatic carbocycles. The second-order valence-corrected chi connectivity index (χ2v) is 10.5. The average molecular weight is 619 g/mol. The van der Waals surface area contributed by atoms with Crippen LogP contribution in [0.4, 0.5) is 0 Å². The molecule has 0 spiro atoms. The highest BCUT2D eigenvalue weighted by atomic mass is 16.7. The molecule has 2 aliphatic rings. The summed E-state index contributed by atoms with van der Waals surface area (Å²) in [5.74, 6) is -3.47. The van der Waals surface area contributed by atoms with Crippen LogP contribution in [0.25, 0.3) is 0 Å². The Morgan fingerprint density at radius 1 is 0.860 bits per heavy atom. The first kappa shape index (κ1) is 34.5. The number of hydrogen-bond acceptors (Lipinski definition) is 14. The van der Waals surface area contributed by atoms with Crippen LogP contribution in [-0.4, -0.2) is 140 Å². The van der Waals surface area contributed by atoms with E-state index in [0.717, 1.165) is 0 Å². The fourth-order valence-electron chi connectivity index (χ4n) is 4.42. The van der Waals surface area contributed by atoms with Gasteiger partial charge < -0.3 is 70.5 Å². The Bertz CT molecular complexity index is 1090. The maximum atomic E-state index is 12.1. The zero-order valence-corrected chi connectivity index (χ0v) is 23.3. The van der Waals surface area contributed by atoms with Crippen LogP contribution in [0.3, 0.4) is 0 Å². The van der Waals surface area contributed by atoms with E-state index in [1.165, 1.54) is 0 Å². The first-order valence-corrected chi connectivity index (χ1v) is 13.4. The van der Waals surface area contributed by atoms with Crippen LogP contribution in [0.1, 0.15) is 19.4 Å². The number of hydrogen-bond donors (Lipinski definition) is 9. The molecule has 43 heavy (non-hydrogen) atoms. The smallest absolute Gasteiger partial charge is 0.335 e. The molecule has 0 aliphatic carbocycles. The summed E-state index contributed by atoms with van der Waals surface area (Å²) in [7, 11) is 0. The Hall–Kier alpha value is -2.97. The van der Waals surface area contributed by atoms with E-state index >= 15 is 0 Å². The lowest BCUT2D eigenvalue weighted by Crippen LogP contribution is -2.66. The number of ether oxygens (including phenoxy) is 5. The number of carboxylic acids is 2. The van der Waals surface area contributed by atoms with Crippen LogP contribution < -0.4 is 15.8 Å². The molecule has 0 saturated carbocycles. The van der Waals surface area contributed by atoms with E-state index in [2.05, 4.69) is 5.32 Å². The summed E-state index contributed by atoms with van der Waals surface area (Å²) in [6.07, 6.45) is -20.7. The number of primary amides is 1. The number of carboxylic acid groups (broad SMARTS) is 2. The van der Waals surface area contributed by atoms with Gasteiger partial charge in [-0.05, 0) is 17.7 Å². The molecular formula is C26H38N2O15. The summed E-state index contributed by atoms with van der Waals surface area (Å²) >= 11 is 0. The van der Waals surface area contributed by atoms with Gasteiger partial charge in [-0.1, -0.05) is 26.0 Å². The molecule has 11 unspecified atom stereocenters. The number of carbonyl (C=O) groups is 3. The van der Waals surface area contributed by atoms with Gasteiger partial charge in [0.25, 0.3) is 0 Å². The van der Waals surface area contributed by atoms with Crippen molar-refractivity contribution >= 4 is 17.8 Å². The van der Waals surface area contributed by atoms with Crippen molar-refractivity contribution in [3.63, 3.8) is 0 Å². The minimum Gasteiger partial charge on any atom is -0.491 e. The number of carbonyl (C=O) groups excluding carboxylic acids is 1. The van der Waals surface area contributed by atoms with E-state index in [4.69, 9.17) is 29.4 Å². The lowest BCUT2D eigenvalue weighted by molar-refractivity contribution is -0.354. The minimum atomic E-state index is -2.06. The van der Waals surface area contributed by atoms with Gasteiger partial charge in [-0.2, -0.15) is 0 Å². The molecule has 0 bridgehead atoms. The predicted molar refractivity (Wildman–Crippen MR) is 140 cm³/mol. The standard InChI is InChI=1S/C26H38N2O15/c1-10(2)28-8-13(9-39-12-5-3-11(4-6-12)7-14(27)29)40-25-19(34)17(32)20(22(43-25)24(37)38)41-26-18(33)15(30)16(31)21(42-26)23(35)36/h3-6,10,13,15-22,25-26,28,30-34H,7-9H2,1-2H3,(H2,27,29)(H,35,36)(H,37,38). The molecule has 0 aromatic heterocycles. The molecule has 0 radical (unpaired) electrons. The Balaban J connectivity index is 1.72. The highest BCUT2D eigenvalue weighted by Crippen LogP contribution is 2.30. The Morgan fingerprint density at radius 2 is 1.44 bits per heavy atom. The van der Waals surface area contributed by atoms with Crippen molar-refractivity contribution in [3.05, 3.63) is 29.8 Å². The van der Waals surface area contributed by atoms with Crippen LogP contribution >= 0.6 is 0 Å². The van der Waals surface area contributed by atoms with Crippen molar-refractivity contribution in [1.29, 1.82) is 0 Å². The van der Waals surface area contributed by atoms with E-state index in [1.807, 2.05) is 13.8 Å². The first-order valence-electron chi connectivity index (χ1n) is 13.4. The van der Waals surface area contributed by atoms with Crippen molar-refractivity contribution in [2.75, 3.05) is 13.2 Å². The maximum Gasteiger partial charge on any atom is 0.335 e. The van der Waals surface area contributed by atoms with E-state index in [-0.39, 0.29) is 25.6 Å². The van der Waals surface area contributed by atoms with E-state index in [1.54, 1.807) is 24.3 Å². The molecule has 2 saturated heterocycles. The zero-order valence-electron chi connectivity index (χ0n) is 23.3. The molecule has 10 N–H and O–H groups in total. The molecule has 3 rings (SSSR count). The number of nitrogens with one attached hydrogen (secondary N) is 1. The highest BCUT2D eigenvalue weighted by Gasteiger charge is 2.54. The first-order chi connectivity index (χ1) is 20.2. The number of aliphatic hydroxyl groups excluding tert-OH is 5. The summed E-state index contributed by atoms with van der Waals surface area (Å²) in [5.41, 5.74) is 5.87. The Labute approximate surface area is 245 Å². The van der Waals surface area contributed by atoms with Crippen LogP contribution in [-0.2, 0) is 39.8 Å². The number of nitrogens with two attached hydrogens (primary N) is 1. The molecular weight excluding hydrogens is 580 g/mol. The molecule has 1 amide bonds. The van der Waals surface area contributed by atoms with Gasteiger partial charge in [0.1, 0.15) is 55.1 Å². The zero-order chi connectivity index (χ0) is 32.0. The number of aliphatic hydroxyl groups is 5. The SMILES string of the molecule is CC(C)NCC(COc1ccc(CC(N)=O)cc1)OC1OC(C(=O)O)C(OC2OC(C(=O)O)C(O)C(O)C2O)C(O)C1O. The third-order valence-electron chi connectivity index (χ3n) is 6.71. The van der Waals surface area contributed by atoms with Gasteiger partial charge in [0.2, 0.25) is 5.91 Å². The molecule has 17 nitrogen and oxygen atoms in total. The van der Waals surface area contributed by atoms with Crippen LogP contribution in [0, 0.1) is 0 Å². The molecule has 242 valence electrons. The average Bonchev–Trinajstić information content (AvgIpc) is 2.93. The van der Waals surface area contributed by atoms with Crippen molar-refractivity contribution < 1.29 is 73.8 Å². The van der Waals surface area contributed by atoms with E-state index in [0.29, 0.717) is 11.3 Å². The molecule has 11 atom stereocenters. The van der Waals surface area contributed by atoms with Gasteiger partial charge in [0.15, 0.2) is 24.8 Å². The highest BCUT2D eigenvalue weighted by molar-refractivity contribution is 5.76. The van der Waals surface area contributed by atoms with Crippen LogP contribution in [0.15, 0.2) is 24.3 Å². The van der Waals surface area contributed by atoms with Gasteiger partial charge >= 0.3 is 11.9 Å². The molecule has 2 fully saturated rings. The maximum absolute atomic E-state index is 12.1. The van der Waals surface area contributed by atoms with Crippen molar-refractivity contribution in [3.8, 4) is 5.75 Å². The van der Waals surface area contributed by atoms with Crippen molar-refractivity contribution in [2.45, 2.75) is 93.8 Å². The van der Waals surface area contributed by atoms with Crippen molar-refractivity contribution in [2.24, 2.45) is 5.73 Å². The van der Waals surface area contributed by atoms with Gasteiger partial charge in [-0.15, -0.1) is 0 Å². The largest absolute Gasteiger partial charge is 0.491 e. The lowest BCUT2D eigenvalue weighted by atomic mass is 9.96. The molecule has 2 heterocycles. The van der Waals surface area contributed by atoms with Crippen LogP contribution in [0.5, 0.6) is 5.75 Å². The number of amides is 1. The second-order valence-electron chi connectivity index (χ2n) is 10.5. The number of benzene rings is 1. The van der Waals surface area contributed by atoms with Gasteiger partial charge in [0.05, 0.1) is 6.42 Å². The molecule has 1 aromatic rings. The Morgan fingerprint density at radius 3 is 2.00 bits per heavy atom. The van der Waals surface area contributed by atoms with Gasteiger partial charge in [-0.25, -0.2) is 9.59 Å². The minimum absolute atomic E-state index is 0.00284. The van der Waals surface area contributed by atoms with Crippen LogP contribution in [0.2, 0.25) is 0 Å². The topological polar surface area (TPSA) is 277 Å². The van der Waals surface area contributed by atoms with E-state index < -0.39 is 85.4 Å². The van der Waals surface area contributed by atoms with Crippen molar-refractivity contribution in [1.82, 2.24) is 5.32 Å². The predicted octanol–water partition coefficient (Wildman–Crippen LogP) is -3.71. The summed E-state index contributed by atoms with van der Waals surface area (Å²) in [6.45, 7) is 3.75. The summed E-state index contributed by atoms with van der Waals surface area (Å²) in [6, 6.07) is 6.51. The fraction of sp³-hybridized carbons (Fsp3) is 0.654. The molecule has 17 heteroatoms. The summed E-state index contributed by atoms with van der Waals surface area (Å²) in [5, 5.41) is 73.9. The summed E-state index contributed by atoms with van der Waals surface area (Å²) in [4.78, 5) is 34.6. The normalized spacial score (nSPS) is 33.6. The number of aliphatic carboxylic acids is 2. The third kappa shape index (κ3) is 9.02. The quantitative estimate of drug-likeness (QED) is 0.0969. The lowest BCUT2D eigenvalue weighted by Gasteiger charge is -2.45. The van der Waals surface area contributed by atoms with Gasteiger partial charge in [0, 0.05) is 12.6 Å². The second kappa shape index (κ2) is 15.2. The number of rotatable bonds is 14. The van der Waals surface area contributed by atoms with E-state index in [9.17, 15) is 50.1 Å². The monoisotopic (exact) mass is 618 g/mol. The third-order valence-corrected chi connectivity index (χ3v) is 6.71.